The first-order chi connectivity index (χ1) is 7.90. The lowest BCUT2D eigenvalue weighted by Gasteiger charge is -2.10. The number of carboxylic acid groups (broad SMARTS) is 1. The van der Waals surface area contributed by atoms with Crippen LogP contribution in [-0.2, 0) is 4.79 Å². The van der Waals surface area contributed by atoms with Crippen LogP contribution in [0.5, 0.6) is 0 Å². The Morgan fingerprint density at radius 3 is 2.71 bits per heavy atom. The zero-order valence-electron chi connectivity index (χ0n) is 9.24. The molecule has 0 fully saturated rings. The van der Waals surface area contributed by atoms with Gasteiger partial charge in [-0.1, -0.05) is 11.6 Å². The molecule has 0 saturated carbocycles. The third-order valence-electron chi connectivity index (χ3n) is 1.99. The van der Waals surface area contributed by atoms with Crippen molar-refractivity contribution in [2.24, 2.45) is 5.73 Å². The third-order valence-corrected chi connectivity index (χ3v) is 2.23. The minimum Gasteiger partial charge on any atom is -0.478 e. The highest BCUT2D eigenvalue weighted by molar-refractivity contribution is 6.31. The van der Waals surface area contributed by atoms with E-state index in [0.29, 0.717) is 5.02 Å². The van der Waals surface area contributed by atoms with Crippen LogP contribution in [0.4, 0.5) is 5.69 Å². The summed E-state index contributed by atoms with van der Waals surface area (Å²) in [6.45, 7) is 1.69. The van der Waals surface area contributed by atoms with Gasteiger partial charge in [0.25, 0.3) is 0 Å². The molecule has 0 saturated heterocycles. The summed E-state index contributed by atoms with van der Waals surface area (Å²) in [7, 11) is 0. The zero-order valence-corrected chi connectivity index (χ0v) is 9.99. The van der Waals surface area contributed by atoms with Crippen molar-refractivity contribution in [1.29, 1.82) is 0 Å². The van der Waals surface area contributed by atoms with Gasteiger partial charge < -0.3 is 16.2 Å². The van der Waals surface area contributed by atoms with Crippen LogP contribution in [-0.4, -0.2) is 23.0 Å². The molecule has 1 aromatic carbocycles. The predicted molar refractivity (Wildman–Crippen MR) is 65.3 cm³/mol. The normalized spacial score (nSPS) is 11.9. The highest BCUT2D eigenvalue weighted by Crippen LogP contribution is 2.20. The zero-order chi connectivity index (χ0) is 13.0. The number of carboxylic acids is 1. The van der Waals surface area contributed by atoms with E-state index < -0.39 is 5.97 Å². The predicted octanol–water partition coefficient (Wildman–Crippen LogP) is 1.71. The van der Waals surface area contributed by atoms with Gasteiger partial charge in [-0.2, -0.15) is 0 Å². The van der Waals surface area contributed by atoms with Gasteiger partial charge in [0.05, 0.1) is 11.3 Å². The number of aromatic carboxylic acids is 1. The number of rotatable bonds is 4. The van der Waals surface area contributed by atoms with Gasteiger partial charge in [0, 0.05) is 17.5 Å². The second-order valence-electron chi connectivity index (χ2n) is 3.72. The standard InChI is InChI=1S/C11H13ClN2O3/c1-6(13)4-10(15)14-9-3-2-7(12)5-8(9)11(16)17/h2-3,5-6H,4,13H2,1H3,(H,14,15)(H,16,17). The number of hydrogen-bond acceptors (Lipinski definition) is 3. The van der Waals surface area contributed by atoms with Crippen molar-refractivity contribution in [2.45, 2.75) is 19.4 Å². The van der Waals surface area contributed by atoms with Gasteiger partial charge in [-0.15, -0.1) is 0 Å². The molecule has 0 aliphatic carbocycles. The number of halogens is 1. The fraction of sp³-hybridized carbons (Fsp3) is 0.273. The van der Waals surface area contributed by atoms with E-state index in [9.17, 15) is 9.59 Å². The van der Waals surface area contributed by atoms with Crippen molar-refractivity contribution in [3.8, 4) is 0 Å². The van der Waals surface area contributed by atoms with Gasteiger partial charge in [-0.25, -0.2) is 4.79 Å². The lowest BCUT2D eigenvalue weighted by molar-refractivity contribution is -0.116. The molecule has 1 unspecified atom stereocenters. The van der Waals surface area contributed by atoms with Gasteiger partial charge in [-0.05, 0) is 25.1 Å². The van der Waals surface area contributed by atoms with Crippen molar-refractivity contribution < 1.29 is 14.7 Å². The lowest BCUT2D eigenvalue weighted by Crippen LogP contribution is -2.24. The fourth-order valence-electron chi connectivity index (χ4n) is 1.30. The molecule has 5 nitrogen and oxygen atoms in total. The highest BCUT2D eigenvalue weighted by atomic mass is 35.5. The van der Waals surface area contributed by atoms with Crippen LogP contribution < -0.4 is 11.1 Å². The number of benzene rings is 1. The maximum Gasteiger partial charge on any atom is 0.337 e. The molecule has 0 aliphatic heterocycles. The smallest absolute Gasteiger partial charge is 0.337 e. The number of nitrogens with one attached hydrogen (secondary N) is 1. The lowest BCUT2D eigenvalue weighted by atomic mass is 10.1. The molecule has 0 spiro atoms. The molecule has 4 N–H and O–H groups in total. The van der Waals surface area contributed by atoms with E-state index in [2.05, 4.69) is 5.32 Å². The molecule has 1 aromatic rings. The molecular formula is C11H13ClN2O3. The average molecular weight is 257 g/mol. The number of carbonyl (C=O) groups excluding carboxylic acids is 1. The van der Waals surface area contributed by atoms with E-state index in [1.54, 1.807) is 6.92 Å². The van der Waals surface area contributed by atoms with Crippen LogP contribution in [0.2, 0.25) is 5.02 Å². The summed E-state index contributed by atoms with van der Waals surface area (Å²) in [5.74, 6) is -1.48. The molecule has 17 heavy (non-hydrogen) atoms. The molecule has 0 bridgehead atoms. The quantitative estimate of drug-likeness (QED) is 0.765. The Hall–Kier alpha value is -1.59. The first-order valence-electron chi connectivity index (χ1n) is 4.98. The monoisotopic (exact) mass is 256 g/mol. The van der Waals surface area contributed by atoms with Gasteiger partial charge in [0.2, 0.25) is 5.91 Å². The molecule has 1 rings (SSSR count). The summed E-state index contributed by atoms with van der Waals surface area (Å²) in [5, 5.41) is 11.7. The molecule has 1 atom stereocenters. The Morgan fingerprint density at radius 2 is 2.18 bits per heavy atom. The van der Waals surface area contributed by atoms with Crippen LogP contribution in [0.3, 0.4) is 0 Å². The van der Waals surface area contributed by atoms with Gasteiger partial charge in [-0.3, -0.25) is 4.79 Å². The molecule has 1 amide bonds. The van der Waals surface area contributed by atoms with Crippen LogP contribution in [0, 0.1) is 0 Å². The molecule has 0 radical (unpaired) electrons. The van der Waals surface area contributed by atoms with Crippen LogP contribution in [0.1, 0.15) is 23.7 Å². The second kappa shape index (κ2) is 5.65. The topological polar surface area (TPSA) is 92.4 Å². The summed E-state index contributed by atoms with van der Waals surface area (Å²) in [5.41, 5.74) is 5.64. The molecule has 92 valence electrons. The van der Waals surface area contributed by atoms with Crippen molar-refractivity contribution in [1.82, 2.24) is 0 Å². The molecule has 0 heterocycles. The van der Waals surface area contributed by atoms with Crippen molar-refractivity contribution >= 4 is 29.2 Å². The summed E-state index contributed by atoms with van der Waals surface area (Å²) in [4.78, 5) is 22.4. The Labute approximate surface area is 104 Å². The summed E-state index contributed by atoms with van der Waals surface area (Å²) in [6.07, 6.45) is 0.127. The van der Waals surface area contributed by atoms with Crippen molar-refractivity contribution in [3.63, 3.8) is 0 Å². The van der Waals surface area contributed by atoms with Crippen LogP contribution in [0.25, 0.3) is 0 Å². The number of amides is 1. The number of hydrogen-bond donors (Lipinski definition) is 3. The summed E-state index contributed by atoms with van der Waals surface area (Å²) >= 11 is 5.69. The second-order valence-corrected chi connectivity index (χ2v) is 4.16. The Kier molecular flexibility index (Phi) is 4.48. The van der Waals surface area contributed by atoms with Crippen molar-refractivity contribution in [2.75, 3.05) is 5.32 Å². The first kappa shape index (κ1) is 13.5. The maximum atomic E-state index is 11.5. The third kappa shape index (κ3) is 4.05. The number of carbonyl (C=O) groups is 2. The number of anilines is 1. The first-order valence-corrected chi connectivity index (χ1v) is 5.36. The van der Waals surface area contributed by atoms with Crippen LogP contribution in [0.15, 0.2) is 18.2 Å². The summed E-state index contributed by atoms with van der Waals surface area (Å²) < 4.78 is 0. The Bertz CT molecular complexity index is 446. The largest absolute Gasteiger partial charge is 0.478 e. The molecule has 6 heteroatoms. The van der Waals surface area contributed by atoms with Crippen molar-refractivity contribution in [3.05, 3.63) is 28.8 Å². The summed E-state index contributed by atoms with van der Waals surface area (Å²) in [6, 6.07) is 3.96. The fourth-order valence-corrected chi connectivity index (χ4v) is 1.47. The van der Waals surface area contributed by atoms with E-state index in [1.807, 2.05) is 0 Å². The minimum atomic E-state index is -1.15. The minimum absolute atomic E-state index is 0.0458. The molecule has 0 aliphatic rings. The van der Waals surface area contributed by atoms with E-state index in [0.717, 1.165) is 0 Å². The van der Waals surface area contributed by atoms with Gasteiger partial charge >= 0.3 is 5.97 Å². The van der Waals surface area contributed by atoms with Gasteiger partial charge in [0.15, 0.2) is 0 Å². The van der Waals surface area contributed by atoms with Crippen LogP contribution >= 0.6 is 11.6 Å². The maximum absolute atomic E-state index is 11.5. The van der Waals surface area contributed by atoms with E-state index >= 15 is 0 Å². The number of nitrogens with two attached hydrogens (primary N) is 1. The molecule has 0 aromatic heterocycles. The van der Waals surface area contributed by atoms with E-state index in [-0.39, 0.29) is 29.6 Å². The highest BCUT2D eigenvalue weighted by Gasteiger charge is 2.13. The Balaban J connectivity index is 2.91. The Morgan fingerprint density at radius 1 is 1.53 bits per heavy atom. The van der Waals surface area contributed by atoms with Gasteiger partial charge in [0.1, 0.15) is 0 Å². The average Bonchev–Trinajstić information content (AvgIpc) is 2.19. The van der Waals surface area contributed by atoms with E-state index in [1.165, 1.54) is 18.2 Å². The molecular weight excluding hydrogens is 244 g/mol. The SMILES string of the molecule is CC(N)CC(=O)Nc1ccc(Cl)cc1C(=O)O. The van der Waals surface area contributed by atoms with E-state index in [4.69, 9.17) is 22.4 Å².